The van der Waals surface area contributed by atoms with Crippen molar-refractivity contribution < 1.29 is 14.0 Å². The second kappa shape index (κ2) is 16.0. The number of carbonyl (C=O) groups excluding carboxylic acids is 2. The van der Waals surface area contributed by atoms with Crippen LogP contribution in [0.2, 0.25) is 0 Å². The summed E-state index contributed by atoms with van der Waals surface area (Å²) < 4.78 is 5.49. The minimum atomic E-state index is -0.212. The summed E-state index contributed by atoms with van der Waals surface area (Å²) in [7, 11) is 0. The molecule has 0 aliphatic rings. The number of hydrogen-bond donors (Lipinski definition) is 1. The smallest absolute Gasteiger partial charge is 0.273 e. The highest BCUT2D eigenvalue weighted by molar-refractivity contribution is 5.91. The lowest BCUT2D eigenvalue weighted by molar-refractivity contribution is -0.132. The molecule has 6 nitrogen and oxygen atoms in total. The molecule has 0 bridgehead atoms. The summed E-state index contributed by atoms with van der Waals surface area (Å²) in [6.45, 7) is 8.16. The normalized spacial score (nSPS) is 10.9. The summed E-state index contributed by atoms with van der Waals surface area (Å²) in [4.78, 5) is 31.0. The fourth-order valence-corrected chi connectivity index (χ4v) is 3.20. The van der Waals surface area contributed by atoms with E-state index in [1.807, 2.05) is 4.90 Å². The van der Waals surface area contributed by atoms with Crippen molar-refractivity contribution in [2.24, 2.45) is 0 Å². The van der Waals surface area contributed by atoms with E-state index < -0.39 is 0 Å². The Hall–Kier alpha value is -1.85. The Morgan fingerprint density at radius 2 is 1.59 bits per heavy atom. The third kappa shape index (κ3) is 11.1. The molecule has 0 fully saturated rings. The van der Waals surface area contributed by atoms with Crippen molar-refractivity contribution >= 4 is 11.8 Å². The standard InChI is InChI=1S/C23H41N3O3/c1-4-7-10-11-12-15-22(27)26(17-14-9-6-3)18-21-25-20(19-29-21)23(28)24-16-13-8-5-2/h19H,4-18H2,1-3H3,(H,24,28). The van der Waals surface area contributed by atoms with Gasteiger partial charge in [0.15, 0.2) is 5.69 Å². The van der Waals surface area contributed by atoms with Crippen molar-refractivity contribution in [3.63, 3.8) is 0 Å². The molecule has 166 valence electrons. The van der Waals surface area contributed by atoms with Gasteiger partial charge in [-0.15, -0.1) is 0 Å². The number of nitrogens with zero attached hydrogens (tertiary/aromatic N) is 2. The van der Waals surface area contributed by atoms with Crippen LogP contribution in [0.1, 0.15) is 114 Å². The van der Waals surface area contributed by atoms with Gasteiger partial charge < -0.3 is 14.6 Å². The fraction of sp³-hybridized carbons (Fsp3) is 0.783. The van der Waals surface area contributed by atoms with Crippen LogP contribution in [-0.2, 0) is 11.3 Å². The molecule has 0 aliphatic carbocycles. The number of aromatic nitrogens is 1. The van der Waals surface area contributed by atoms with Gasteiger partial charge in [0.2, 0.25) is 11.8 Å². The van der Waals surface area contributed by atoms with Crippen LogP contribution in [0.5, 0.6) is 0 Å². The molecule has 0 radical (unpaired) electrons. The molecule has 0 aliphatic heterocycles. The summed E-state index contributed by atoms with van der Waals surface area (Å²) in [5.74, 6) is 0.372. The van der Waals surface area contributed by atoms with Crippen molar-refractivity contribution in [1.82, 2.24) is 15.2 Å². The Morgan fingerprint density at radius 1 is 0.931 bits per heavy atom. The van der Waals surface area contributed by atoms with Crippen molar-refractivity contribution in [2.45, 2.75) is 104 Å². The van der Waals surface area contributed by atoms with Crippen LogP contribution in [0.3, 0.4) is 0 Å². The van der Waals surface area contributed by atoms with Gasteiger partial charge in [-0.25, -0.2) is 4.98 Å². The van der Waals surface area contributed by atoms with Crippen LogP contribution in [0.15, 0.2) is 10.7 Å². The quantitative estimate of drug-likeness (QED) is 0.347. The molecule has 1 N–H and O–H groups in total. The Morgan fingerprint density at radius 3 is 2.31 bits per heavy atom. The van der Waals surface area contributed by atoms with Gasteiger partial charge in [-0.1, -0.05) is 72.1 Å². The first-order chi connectivity index (χ1) is 14.1. The number of hydrogen-bond acceptors (Lipinski definition) is 4. The summed E-state index contributed by atoms with van der Waals surface area (Å²) in [6.07, 6.45) is 14.0. The molecule has 29 heavy (non-hydrogen) atoms. The van der Waals surface area contributed by atoms with E-state index in [1.165, 1.54) is 25.5 Å². The minimum Gasteiger partial charge on any atom is -0.446 e. The zero-order chi connectivity index (χ0) is 21.3. The highest BCUT2D eigenvalue weighted by Crippen LogP contribution is 2.12. The molecule has 0 spiro atoms. The van der Waals surface area contributed by atoms with E-state index in [0.717, 1.165) is 51.4 Å². The van der Waals surface area contributed by atoms with Gasteiger partial charge in [-0.3, -0.25) is 9.59 Å². The Labute approximate surface area is 176 Å². The van der Waals surface area contributed by atoms with Crippen LogP contribution < -0.4 is 5.32 Å². The lowest BCUT2D eigenvalue weighted by atomic mass is 10.1. The fourth-order valence-electron chi connectivity index (χ4n) is 3.20. The molecule has 1 aromatic heterocycles. The van der Waals surface area contributed by atoms with E-state index in [9.17, 15) is 9.59 Å². The maximum Gasteiger partial charge on any atom is 0.273 e. The van der Waals surface area contributed by atoms with Crippen LogP contribution >= 0.6 is 0 Å². The van der Waals surface area contributed by atoms with Gasteiger partial charge in [0, 0.05) is 19.5 Å². The predicted octanol–water partition coefficient (Wildman–Crippen LogP) is 5.47. The zero-order valence-corrected chi connectivity index (χ0v) is 18.8. The number of rotatable bonds is 17. The second-order valence-corrected chi connectivity index (χ2v) is 7.78. The predicted molar refractivity (Wildman–Crippen MR) is 117 cm³/mol. The zero-order valence-electron chi connectivity index (χ0n) is 18.8. The van der Waals surface area contributed by atoms with Gasteiger partial charge in [-0.05, 0) is 19.3 Å². The highest BCUT2D eigenvalue weighted by Gasteiger charge is 2.18. The van der Waals surface area contributed by atoms with Gasteiger partial charge in [0.1, 0.15) is 6.26 Å². The monoisotopic (exact) mass is 407 g/mol. The van der Waals surface area contributed by atoms with Crippen LogP contribution in [0.25, 0.3) is 0 Å². The molecule has 6 heteroatoms. The average molecular weight is 408 g/mol. The third-order valence-electron chi connectivity index (χ3n) is 5.05. The Balaban J connectivity index is 2.55. The van der Waals surface area contributed by atoms with Crippen molar-refractivity contribution in [3.8, 4) is 0 Å². The first-order valence-corrected chi connectivity index (χ1v) is 11.6. The van der Waals surface area contributed by atoms with E-state index in [4.69, 9.17) is 4.42 Å². The molecule has 1 aromatic rings. The summed E-state index contributed by atoms with van der Waals surface area (Å²) in [5.41, 5.74) is 0.289. The molecular weight excluding hydrogens is 366 g/mol. The van der Waals surface area contributed by atoms with Crippen LogP contribution in [0.4, 0.5) is 0 Å². The Kier molecular flexibility index (Phi) is 13.9. The molecular formula is C23H41N3O3. The topological polar surface area (TPSA) is 75.4 Å². The summed E-state index contributed by atoms with van der Waals surface area (Å²) >= 11 is 0. The van der Waals surface area contributed by atoms with E-state index in [2.05, 4.69) is 31.1 Å². The minimum absolute atomic E-state index is 0.154. The van der Waals surface area contributed by atoms with Gasteiger partial charge in [0.05, 0.1) is 6.54 Å². The summed E-state index contributed by atoms with van der Waals surface area (Å²) in [5, 5.41) is 2.87. The third-order valence-corrected chi connectivity index (χ3v) is 5.05. The second-order valence-electron chi connectivity index (χ2n) is 7.78. The van der Waals surface area contributed by atoms with Gasteiger partial charge >= 0.3 is 0 Å². The molecule has 0 saturated carbocycles. The Bertz CT molecular complexity index is 571. The van der Waals surface area contributed by atoms with E-state index in [0.29, 0.717) is 31.9 Å². The molecule has 1 rings (SSSR count). The number of unbranched alkanes of at least 4 members (excludes halogenated alkanes) is 8. The number of carbonyl (C=O) groups is 2. The van der Waals surface area contributed by atoms with Crippen LogP contribution in [0, 0.1) is 0 Å². The molecule has 0 aromatic carbocycles. The van der Waals surface area contributed by atoms with E-state index in [1.54, 1.807) is 0 Å². The van der Waals surface area contributed by atoms with Crippen molar-refractivity contribution in [2.75, 3.05) is 13.1 Å². The van der Waals surface area contributed by atoms with Crippen LogP contribution in [-0.4, -0.2) is 34.8 Å². The SMILES string of the molecule is CCCCCCCC(=O)N(CCCCC)Cc1nc(C(=O)NCCCCC)co1. The number of nitrogens with one attached hydrogen (secondary N) is 1. The molecule has 2 amide bonds. The number of amides is 2. The van der Waals surface area contributed by atoms with E-state index >= 15 is 0 Å². The first-order valence-electron chi connectivity index (χ1n) is 11.6. The molecule has 0 atom stereocenters. The largest absolute Gasteiger partial charge is 0.446 e. The summed E-state index contributed by atoms with van der Waals surface area (Å²) in [6, 6.07) is 0. The molecule has 0 unspecified atom stereocenters. The van der Waals surface area contributed by atoms with Gasteiger partial charge in [0.25, 0.3) is 5.91 Å². The average Bonchev–Trinajstić information content (AvgIpc) is 3.19. The highest BCUT2D eigenvalue weighted by atomic mass is 16.3. The van der Waals surface area contributed by atoms with E-state index in [-0.39, 0.29) is 17.5 Å². The van der Waals surface area contributed by atoms with Crippen molar-refractivity contribution in [1.29, 1.82) is 0 Å². The molecule has 1 heterocycles. The first kappa shape index (κ1) is 25.2. The maximum atomic E-state index is 12.7. The lowest BCUT2D eigenvalue weighted by Gasteiger charge is -2.21. The molecule has 0 saturated heterocycles. The van der Waals surface area contributed by atoms with Crippen molar-refractivity contribution in [3.05, 3.63) is 17.8 Å². The lowest BCUT2D eigenvalue weighted by Crippen LogP contribution is -2.31. The number of oxazole rings is 1. The maximum absolute atomic E-state index is 12.7. The van der Waals surface area contributed by atoms with Gasteiger partial charge in [-0.2, -0.15) is 0 Å².